The van der Waals surface area contributed by atoms with Crippen LogP contribution in [-0.4, -0.2) is 115 Å². The first-order valence-corrected chi connectivity index (χ1v) is 21.8. The highest BCUT2D eigenvalue weighted by atomic mass is 16.5. The predicted molar refractivity (Wildman–Crippen MR) is 232 cm³/mol. The van der Waals surface area contributed by atoms with Crippen molar-refractivity contribution >= 4 is 45.8 Å². The SMILES string of the molecule is COC(=O)N[C@H](C(=O)NCCCCc1nc2ccc(-c3ccc4cc(-c5cnc([C@@H]6CCCN6C(=O)[C@@H](NC(=O)OC)C6CCOCC6)[nH]5)ccc4c3)cc2[nH]1)C1CCOCC1. The number of likely N-dealkylation sites (tertiary alicyclic amines) is 1. The lowest BCUT2D eigenvalue weighted by atomic mass is 9.90. The lowest BCUT2D eigenvalue weighted by Gasteiger charge is -2.34. The summed E-state index contributed by atoms with van der Waals surface area (Å²) in [4.78, 5) is 69.6. The van der Waals surface area contributed by atoms with Crippen LogP contribution in [0.25, 0.3) is 44.2 Å². The smallest absolute Gasteiger partial charge is 0.407 e. The maximum atomic E-state index is 14.0. The molecule has 3 aromatic carbocycles. The number of carbonyl (C=O) groups excluding carboxylic acids is 4. The highest BCUT2D eigenvalue weighted by molar-refractivity contribution is 5.92. The summed E-state index contributed by atoms with van der Waals surface area (Å²) in [5, 5.41) is 10.7. The first-order valence-electron chi connectivity index (χ1n) is 21.8. The summed E-state index contributed by atoms with van der Waals surface area (Å²) in [6.07, 6.45) is 7.37. The number of fused-ring (bicyclic) bond motifs is 2. The van der Waals surface area contributed by atoms with Gasteiger partial charge in [0, 0.05) is 51.5 Å². The molecule has 0 spiro atoms. The monoisotopic (exact) mass is 848 g/mol. The van der Waals surface area contributed by atoms with Crippen molar-refractivity contribution in [1.82, 2.24) is 40.8 Å². The first-order chi connectivity index (χ1) is 30.3. The molecule has 0 bridgehead atoms. The normalized spacial score (nSPS) is 18.4. The number of hydrogen-bond acceptors (Lipinski definition) is 10. The number of ether oxygens (including phenoxy) is 4. The molecule has 8 rings (SSSR count). The first kappa shape index (κ1) is 42.7. The highest BCUT2D eigenvalue weighted by Crippen LogP contribution is 2.35. The van der Waals surface area contributed by atoms with Crippen LogP contribution in [0.5, 0.6) is 0 Å². The van der Waals surface area contributed by atoms with E-state index in [4.69, 9.17) is 28.9 Å². The molecule has 328 valence electrons. The summed E-state index contributed by atoms with van der Waals surface area (Å²) in [5.41, 5.74) is 5.90. The summed E-state index contributed by atoms with van der Waals surface area (Å²) in [5.74, 6) is 1.30. The van der Waals surface area contributed by atoms with Gasteiger partial charge < -0.3 is 49.8 Å². The van der Waals surface area contributed by atoms with Crippen LogP contribution in [0.1, 0.15) is 69.1 Å². The van der Waals surface area contributed by atoms with E-state index in [0.29, 0.717) is 65.2 Å². The van der Waals surface area contributed by atoms with Crippen LogP contribution in [-0.2, 0) is 35.0 Å². The fourth-order valence-electron chi connectivity index (χ4n) is 9.09. The number of imidazole rings is 2. The number of rotatable bonds is 14. The van der Waals surface area contributed by atoms with Gasteiger partial charge in [0.25, 0.3) is 0 Å². The van der Waals surface area contributed by atoms with Crippen molar-refractivity contribution in [1.29, 1.82) is 0 Å². The summed E-state index contributed by atoms with van der Waals surface area (Å²) < 4.78 is 20.6. The molecule has 3 atom stereocenters. The Morgan fingerprint density at radius 1 is 0.774 bits per heavy atom. The van der Waals surface area contributed by atoms with Gasteiger partial charge in [-0.1, -0.05) is 30.3 Å². The second-order valence-corrected chi connectivity index (χ2v) is 16.4. The van der Waals surface area contributed by atoms with E-state index in [1.807, 2.05) is 17.2 Å². The molecule has 2 aromatic heterocycles. The van der Waals surface area contributed by atoms with Gasteiger partial charge in [-0.3, -0.25) is 9.59 Å². The van der Waals surface area contributed by atoms with Gasteiger partial charge >= 0.3 is 12.2 Å². The third kappa shape index (κ3) is 9.87. The Morgan fingerprint density at radius 3 is 2.11 bits per heavy atom. The molecule has 62 heavy (non-hydrogen) atoms. The molecule has 0 radical (unpaired) electrons. The zero-order valence-corrected chi connectivity index (χ0v) is 35.4. The standard InChI is InChI=1S/C46H56N8O8/c1-59-45(57)52-40(28-14-20-61-21-15-28)43(55)47-18-4-3-7-39-49-35-13-12-33(26-36(35)50-39)31-8-9-32-25-34(11-10-30(32)24-31)37-27-48-42(51-37)38-6-5-19-54(38)44(56)41(53-46(58)60-2)29-16-22-62-23-17-29/h8-13,24-29,38,40-41H,3-7,14-23H2,1-2H3,(H,47,55)(H,48,51)(H,49,50)(H,52,57)(H,53,58)/t38-,40-,41-/m0/s1. The van der Waals surface area contributed by atoms with Crippen LogP contribution < -0.4 is 16.0 Å². The van der Waals surface area contributed by atoms with Gasteiger partial charge in [-0.05, 0) is 109 Å². The van der Waals surface area contributed by atoms with Crippen LogP contribution in [0.15, 0.2) is 60.8 Å². The number of hydrogen-bond donors (Lipinski definition) is 5. The Kier molecular flexibility index (Phi) is 13.6. The number of methoxy groups -OCH3 is 2. The van der Waals surface area contributed by atoms with Crippen molar-refractivity contribution < 1.29 is 38.1 Å². The Bertz CT molecular complexity index is 2370. The molecule has 3 fully saturated rings. The van der Waals surface area contributed by atoms with E-state index in [2.05, 4.69) is 74.4 Å². The minimum Gasteiger partial charge on any atom is -0.453 e. The number of H-pyrrole nitrogens is 2. The molecule has 5 N–H and O–H groups in total. The van der Waals surface area contributed by atoms with E-state index in [-0.39, 0.29) is 29.7 Å². The Labute approximate surface area is 360 Å². The van der Waals surface area contributed by atoms with Crippen molar-refractivity contribution in [2.75, 3.05) is 53.7 Å². The number of nitrogens with one attached hydrogen (secondary N) is 5. The number of aryl methyl sites for hydroxylation is 1. The van der Waals surface area contributed by atoms with Gasteiger partial charge in [0.1, 0.15) is 23.7 Å². The van der Waals surface area contributed by atoms with Crippen molar-refractivity contribution in [3.8, 4) is 22.4 Å². The van der Waals surface area contributed by atoms with Crippen LogP contribution in [0.2, 0.25) is 0 Å². The number of carbonyl (C=O) groups is 4. The van der Waals surface area contributed by atoms with Crippen molar-refractivity contribution in [3.63, 3.8) is 0 Å². The number of alkyl carbamates (subject to hydrolysis) is 2. The minimum atomic E-state index is -0.683. The van der Waals surface area contributed by atoms with Crippen LogP contribution >= 0.6 is 0 Å². The number of benzene rings is 3. The largest absolute Gasteiger partial charge is 0.453 e. The average Bonchev–Trinajstić information content (AvgIpc) is 4.10. The third-order valence-corrected chi connectivity index (χ3v) is 12.5. The average molecular weight is 849 g/mol. The molecule has 0 unspecified atom stereocenters. The number of aromatic amines is 2. The summed E-state index contributed by atoms with van der Waals surface area (Å²) >= 11 is 0. The predicted octanol–water partition coefficient (Wildman–Crippen LogP) is 6.18. The van der Waals surface area contributed by atoms with E-state index in [1.54, 1.807) is 0 Å². The fraction of sp³-hybridized carbons (Fsp3) is 0.478. The summed E-state index contributed by atoms with van der Waals surface area (Å²) in [6, 6.07) is 17.5. The number of amides is 4. The number of nitrogens with zero attached hydrogens (tertiary/aromatic N) is 3. The molecular formula is C46H56N8O8. The molecule has 3 aliphatic heterocycles. The molecule has 3 saturated heterocycles. The zero-order chi connectivity index (χ0) is 43.0. The van der Waals surface area contributed by atoms with E-state index < -0.39 is 24.3 Å². The van der Waals surface area contributed by atoms with Crippen molar-refractivity contribution in [2.24, 2.45) is 11.8 Å². The number of unbranched alkanes of at least 4 members (excludes halogenated alkanes) is 1. The number of aromatic nitrogens is 4. The van der Waals surface area contributed by atoms with Gasteiger partial charge in [-0.15, -0.1) is 0 Å². The second-order valence-electron chi connectivity index (χ2n) is 16.4. The fourth-order valence-corrected chi connectivity index (χ4v) is 9.09. The molecule has 0 saturated carbocycles. The molecule has 3 aliphatic rings. The maximum Gasteiger partial charge on any atom is 0.407 e. The Balaban J connectivity index is 0.876. The van der Waals surface area contributed by atoms with Crippen LogP contribution in [0.4, 0.5) is 9.59 Å². The lowest BCUT2D eigenvalue weighted by Crippen LogP contribution is -2.53. The quantitative estimate of drug-likeness (QED) is 0.0804. The van der Waals surface area contributed by atoms with Crippen molar-refractivity contribution in [3.05, 3.63) is 72.4 Å². The second kappa shape index (κ2) is 19.8. The van der Waals surface area contributed by atoms with E-state index >= 15 is 0 Å². The minimum absolute atomic E-state index is 0.00531. The molecular weight excluding hydrogens is 793 g/mol. The van der Waals surface area contributed by atoms with Crippen LogP contribution in [0.3, 0.4) is 0 Å². The van der Waals surface area contributed by atoms with Crippen LogP contribution in [0, 0.1) is 11.8 Å². The van der Waals surface area contributed by atoms with Gasteiger partial charge in [0.2, 0.25) is 11.8 Å². The maximum absolute atomic E-state index is 14.0. The molecule has 0 aliphatic carbocycles. The molecule has 5 aromatic rings. The highest BCUT2D eigenvalue weighted by Gasteiger charge is 2.40. The topological polar surface area (TPSA) is 202 Å². The molecule has 16 nitrogen and oxygen atoms in total. The Hall–Kier alpha value is -6.00. The Morgan fingerprint density at radius 2 is 1.40 bits per heavy atom. The third-order valence-electron chi connectivity index (χ3n) is 12.5. The summed E-state index contributed by atoms with van der Waals surface area (Å²) in [7, 11) is 2.60. The molecule has 4 amide bonds. The van der Waals surface area contributed by atoms with Gasteiger partial charge in [-0.2, -0.15) is 0 Å². The van der Waals surface area contributed by atoms with Gasteiger partial charge in [0.15, 0.2) is 0 Å². The van der Waals surface area contributed by atoms with E-state index in [9.17, 15) is 19.2 Å². The van der Waals surface area contributed by atoms with Gasteiger partial charge in [0.05, 0.1) is 43.2 Å². The van der Waals surface area contributed by atoms with E-state index in [0.717, 1.165) is 87.9 Å². The van der Waals surface area contributed by atoms with E-state index in [1.165, 1.54) is 14.2 Å². The zero-order valence-electron chi connectivity index (χ0n) is 35.4. The van der Waals surface area contributed by atoms with Crippen molar-refractivity contribution in [2.45, 2.75) is 75.9 Å². The van der Waals surface area contributed by atoms with Gasteiger partial charge in [-0.25, -0.2) is 19.6 Å². The molecule has 5 heterocycles. The lowest BCUT2D eigenvalue weighted by molar-refractivity contribution is -0.136. The summed E-state index contributed by atoms with van der Waals surface area (Å²) in [6.45, 7) is 3.35. The molecule has 16 heteroatoms.